The number of hydrogen-bond acceptors (Lipinski definition) is 2. The van der Waals surface area contributed by atoms with E-state index in [-0.39, 0.29) is 11.0 Å². The van der Waals surface area contributed by atoms with Gasteiger partial charge in [0.15, 0.2) is 0 Å². The van der Waals surface area contributed by atoms with Crippen LogP contribution in [0.4, 0.5) is 26.3 Å². The van der Waals surface area contributed by atoms with Crippen LogP contribution in [0.5, 0.6) is 0 Å². The van der Waals surface area contributed by atoms with Gasteiger partial charge in [0.25, 0.3) is 0 Å². The fourth-order valence-electron chi connectivity index (χ4n) is 2.51. The summed E-state index contributed by atoms with van der Waals surface area (Å²) >= 11 is 1.22. The Kier molecular flexibility index (Phi) is 4.68. The van der Waals surface area contributed by atoms with Crippen molar-refractivity contribution in [1.29, 1.82) is 0 Å². The molecule has 1 aromatic carbocycles. The SMILES string of the molecule is CCSc1cc(C(F)(F)F)ccc1-c1cc2cc(C(F)(F)F)cnc2[nH]1. The molecule has 0 radical (unpaired) electrons. The Hall–Kier alpha value is -2.16. The van der Waals surface area contributed by atoms with Crippen LogP contribution in [0.15, 0.2) is 41.4 Å². The lowest BCUT2D eigenvalue weighted by Gasteiger charge is -2.12. The van der Waals surface area contributed by atoms with Gasteiger partial charge in [-0.15, -0.1) is 11.8 Å². The lowest BCUT2D eigenvalue weighted by atomic mass is 10.1. The number of aromatic nitrogens is 2. The zero-order valence-electron chi connectivity index (χ0n) is 13.3. The van der Waals surface area contributed by atoms with E-state index in [1.165, 1.54) is 23.9 Å². The molecule has 0 spiro atoms. The maximum absolute atomic E-state index is 12.9. The van der Waals surface area contributed by atoms with Crippen molar-refractivity contribution in [3.63, 3.8) is 0 Å². The van der Waals surface area contributed by atoms with Crippen molar-refractivity contribution in [2.75, 3.05) is 5.75 Å². The number of rotatable bonds is 3. The topological polar surface area (TPSA) is 28.7 Å². The van der Waals surface area contributed by atoms with Crippen molar-refractivity contribution >= 4 is 22.8 Å². The lowest BCUT2D eigenvalue weighted by Crippen LogP contribution is -2.05. The molecule has 2 nitrogen and oxygen atoms in total. The number of pyridine rings is 1. The van der Waals surface area contributed by atoms with E-state index in [0.717, 1.165) is 24.4 Å². The van der Waals surface area contributed by atoms with Crippen molar-refractivity contribution in [2.45, 2.75) is 24.2 Å². The molecule has 0 aliphatic carbocycles. The van der Waals surface area contributed by atoms with Gasteiger partial charge < -0.3 is 4.98 Å². The first-order valence-electron chi connectivity index (χ1n) is 7.50. The summed E-state index contributed by atoms with van der Waals surface area (Å²) in [6.07, 6.45) is -8.27. The van der Waals surface area contributed by atoms with Crippen LogP contribution in [-0.2, 0) is 12.4 Å². The molecule has 2 aromatic heterocycles. The van der Waals surface area contributed by atoms with Gasteiger partial charge in [-0.25, -0.2) is 4.98 Å². The smallest absolute Gasteiger partial charge is 0.339 e. The Labute approximate surface area is 148 Å². The third-order valence-electron chi connectivity index (χ3n) is 3.70. The van der Waals surface area contributed by atoms with Gasteiger partial charge in [-0.3, -0.25) is 0 Å². The minimum Gasteiger partial charge on any atom is -0.339 e. The van der Waals surface area contributed by atoms with Crippen molar-refractivity contribution in [3.8, 4) is 11.3 Å². The predicted octanol–water partition coefficient (Wildman–Crippen LogP) is 6.38. The normalized spacial score (nSPS) is 12.7. The molecule has 2 heterocycles. The average molecular weight is 390 g/mol. The molecule has 26 heavy (non-hydrogen) atoms. The Morgan fingerprint density at radius 2 is 1.65 bits per heavy atom. The summed E-state index contributed by atoms with van der Waals surface area (Å²) < 4.78 is 77.2. The van der Waals surface area contributed by atoms with Gasteiger partial charge in [0.2, 0.25) is 0 Å². The van der Waals surface area contributed by atoms with E-state index in [1.54, 1.807) is 6.92 Å². The summed E-state index contributed by atoms with van der Waals surface area (Å²) in [6.45, 7) is 1.80. The standard InChI is InChI=1S/C17H12F6N2S/c1-2-26-14-7-10(16(18,19)20)3-4-12(14)13-6-9-5-11(17(21,22)23)8-24-15(9)25-13/h3-8H,2H2,1H3,(H,24,25). The highest BCUT2D eigenvalue weighted by molar-refractivity contribution is 7.99. The van der Waals surface area contributed by atoms with E-state index in [4.69, 9.17) is 0 Å². The molecule has 9 heteroatoms. The highest BCUT2D eigenvalue weighted by Crippen LogP contribution is 2.38. The Balaban J connectivity index is 2.10. The van der Waals surface area contributed by atoms with Gasteiger partial charge in [0.1, 0.15) is 5.65 Å². The summed E-state index contributed by atoms with van der Waals surface area (Å²) in [5.41, 5.74) is -0.523. The first-order valence-corrected chi connectivity index (χ1v) is 8.48. The summed E-state index contributed by atoms with van der Waals surface area (Å²) in [7, 11) is 0. The fraction of sp³-hybridized carbons (Fsp3) is 0.235. The van der Waals surface area contributed by atoms with Crippen LogP contribution in [0.3, 0.4) is 0 Å². The maximum atomic E-state index is 12.9. The number of benzene rings is 1. The van der Waals surface area contributed by atoms with Crippen LogP contribution in [0.2, 0.25) is 0 Å². The highest BCUT2D eigenvalue weighted by Gasteiger charge is 2.32. The largest absolute Gasteiger partial charge is 0.417 e. The van der Waals surface area contributed by atoms with Gasteiger partial charge in [-0.1, -0.05) is 13.0 Å². The van der Waals surface area contributed by atoms with Crippen LogP contribution in [-0.4, -0.2) is 15.7 Å². The van der Waals surface area contributed by atoms with Crippen LogP contribution in [0, 0.1) is 0 Å². The van der Waals surface area contributed by atoms with Gasteiger partial charge in [0, 0.05) is 27.7 Å². The van der Waals surface area contributed by atoms with E-state index >= 15 is 0 Å². The second-order valence-corrected chi connectivity index (χ2v) is 6.79. The van der Waals surface area contributed by atoms with E-state index < -0.39 is 23.5 Å². The number of fused-ring (bicyclic) bond motifs is 1. The van der Waals surface area contributed by atoms with Crippen molar-refractivity contribution in [2.24, 2.45) is 0 Å². The lowest BCUT2D eigenvalue weighted by molar-refractivity contribution is -0.138. The molecule has 0 aliphatic heterocycles. The molecule has 3 aromatic rings. The number of thioether (sulfide) groups is 1. The number of hydrogen-bond donors (Lipinski definition) is 1. The Bertz CT molecular complexity index is 943. The summed E-state index contributed by atoms with van der Waals surface area (Å²) in [4.78, 5) is 7.03. The first-order chi connectivity index (χ1) is 12.1. The van der Waals surface area contributed by atoms with Crippen molar-refractivity contribution in [1.82, 2.24) is 9.97 Å². The third-order valence-corrected chi connectivity index (χ3v) is 4.63. The van der Waals surface area contributed by atoms with Gasteiger partial charge in [0.05, 0.1) is 11.1 Å². The minimum absolute atomic E-state index is 0.236. The van der Waals surface area contributed by atoms with Crippen LogP contribution >= 0.6 is 11.8 Å². The molecule has 0 aliphatic rings. The summed E-state index contributed by atoms with van der Waals surface area (Å²) in [5, 5.41) is 0.238. The predicted molar refractivity (Wildman–Crippen MR) is 87.9 cm³/mol. The second kappa shape index (κ2) is 6.53. The summed E-state index contributed by atoms with van der Waals surface area (Å²) in [5.74, 6) is 0.547. The van der Waals surface area contributed by atoms with Gasteiger partial charge in [-0.2, -0.15) is 26.3 Å². The highest BCUT2D eigenvalue weighted by atomic mass is 32.2. The number of aromatic amines is 1. The summed E-state index contributed by atoms with van der Waals surface area (Å²) in [6, 6.07) is 5.73. The van der Waals surface area contributed by atoms with Crippen molar-refractivity contribution in [3.05, 3.63) is 47.7 Å². The molecule has 0 amide bonds. The number of alkyl halides is 6. The monoisotopic (exact) mass is 390 g/mol. The average Bonchev–Trinajstić information content (AvgIpc) is 2.96. The van der Waals surface area contributed by atoms with Gasteiger partial charge in [-0.05, 0) is 30.0 Å². The Morgan fingerprint density at radius 1 is 0.962 bits per heavy atom. The number of nitrogens with zero attached hydrogens (tertiary/aromatic N) is 1. The number of halogens is 6. The molecule has 0 unspecified atom stereocenters. The molecular weight excluding hydrogens is 378 g/mol. The van der Waals surface area contributed by atoms with Crippen LogP contribution < -0.4 is 0 Å². The molecule has 138 valence electrons. The van der Waals surface area contributed by atoms with E-state index in [9.17, 15) is 26.3 Å². The molecule has 1 N–H and O–H groups in total. The maximum Gasteiger partial charge on any atom is 0.417 e. The van der Waals surface area contributed by atoms with E-state index in [0.29, 0.717) is 21.9 Å². The number of H-pyrrole nitrogens is 1. The number of nitrogens with one attached hydrogen (secondary N) is 1. The molecule has 0 saturated carbocycles. The molecule has 3 rings (SSSR count). The molecule has 0 bridgehead atoms. The zero-order chi connectivity index (χ0) is 19.1. The van der Waals surface area contributed by atoms with E-state index in [1.807, 2.05) is 0 Å². The molecular formula is C17H12F6N2S. The second-order valence-electron chi connectivity index (χ2n) is 5.48. The first kappa shape index (κ1) is 18.6. The minimum atomic E-state index is -4.52. The zero-order valence-corrected chi connectivity index (χ0v) is 14.1. The fourth-order valence-corrected chi connectivity index (χ4v) is 3.37. The van der Waals surface area contributed by atoms with Crippen LogP contribution in [0.25, 0.3) is 22.3 Å². The molecule has 0 saturated heterocycles. The van der Waals surface area contributed by atoms with E-state index in [2.05, 4.69) is 9.97 Å². The molecule has 0 atom stereocenters. The Morgan fingerprint density at radius 3 is 2.27 bits per heavy atom. The molecule has 0 fully saturated rings. The quantitative estimate of drug-likeness (QED) is 0.415. The van der Waals surface area contributed by atoms with Gasteiger partial charge >= 0.3 is 12.4 Å². The van der Waals surface area contributed by atoms with Crippen LogP contribution in [0.1, 0.15) is 18.1 Å². The van der Waals surface area contributed by atoms with Crippen molar-refractivity contribution < 1.29 is 26.3 Å². The third kappa shape index (κ3) is 3.67.